The molecule has 0 saturated carbocycles. The summed E-state index contributed by atoms with van der Waals surface area (Å²) in [5.74, 6) is 0. The van der Waals surface area contributed by atoms with Crippen molar-refractivity contribution >= 4 is 21.6 Å². The van der Waals surface area contributed by atoms with Gasteiger partial charge in [0.05, 0.1) is 0 Å². The first-order valence-corrected chi connectivity index (χ1v) is 5.77. The normalized spacial score (nSPS) is 10.1. The lowest BCUT2D eigenvalue weighted by Crippen LogP contribution is -2.10. The molecule has 2 N–H and O–H groups in total. The van der Waals surface area contributed by atoms with Crippen LogP contribution in [0.2, 0.25) is 0 Å². The lowest BCUT2D eigenvalue weighted by Gasteiger charge is -2.07. The molecule has 0 atom stereocenters. The number of rotatable bonds is 6. The van der Waals surface area contributed by atoms with Crippen LogP contribution >= 0.6 is 15.9 Å². The second-order valence-corrected chi connectivity index (χ2v) is 4.07. The number of hydrogen-bond acceptors (Lipinski definition) is 2. The van der Waals surface area contributed by atoms with Crippen LogP contribution in [0.25, 0.3) is 0 Å². The first-order valence-electron chi connectivity index (χ1n) is 4.97. The van der Waals surface area contributed by atoms with Gasteiger partial charge < -0.3 is 10.6 Å². The Hall–Kier alpha value is -0.540. The molecular weight excluding hydrogens is 240 g/mol. The van der Waals surface area contributed by atoms with Gasteiger partial charge in [-0.25, -0.2) is 0 Å². The van der Waals surface area contributed by atoms with Crippen LogP contribution in [-0.2, 0) is 0 Å². The van der Waals surface area contributed by atoms with Crippen molar-refractivity contribution in [3.05, 3.63) is 28.7 Å². The molecule has 0 aliphatic heterocycles. The molecule has 0 bridgehead atoms. The predicted molar refractivity (Wildman–Crippen MR) is 65.8 cm³/mol. The van der Waals surface area contributed by atoms with Crippen molar-refractivity contribution in [3.63, 3.8) is 0 Å². The van der Waals surface area contributed by atoms with E-state index in [1.165, 1.54) is 18.5 Å². The summed E-state index contributed by atoms with van der Waals surface area (Å²) in [5.41, 5.74) is 1.18. The fourth-order valence-corrected chi connectivity index (χ4v) is 1.68. The number of para-hydroxylation sites is 1. The third-order valence-electron chi connectivity index (χ3n) is 2.04. The molecule has 14 heavy (non-hydrogen) atoms. The molecule has 0 heterocycles. The standard InChI is InChI=1S/C11H17BrN2/c1-13-8-4-5-9-14-11-7-3-2-6-10(11)12/h2-3,6-7,13-14H,4-5,8-9H2,1H3. The lowest BCUT2D eigenvalue weighted by molar-refractivity contribution is 0.694. The van der Waals surface area contributed by atoms with Gasteiger partial charge in [0.1, 0.15) is 0 Å². The smallest absolute Gasteiger partial charge is 0.0484 e. The minimum Gasteiger partial charge on any atom is -0.384 e. The van der Waals surface area contributed by atoms with E-state index in [-0.39, 0.29) is 0 Å². The maximum absolute atomic E-state index is 3.50. The van der Waals surface area contributed by atoms with Crippen molar-refractivity contribution in [1.29, 1.82) is 0 Å². The summed E-state index contributed by atoms with van der Waals surface area (Å²) in [5, 5.41) is 6.54. The monoisotopic (exact) mass is 256 g/mol. The maximum Gasteiger partial charge on any atom is 0.0484 e. The fourth-order valence-electron chi connectivity index (χ4n) is 1.25. The van der Waals surface area contributed by atoms with E-state index in [0.29, 0.717) is 0 Å². The number of halogens is 1. The Kier molecular flexibility index (Phi) is 5.64. The van der Waals surface area contributed by atoms with Crippen LogP contribution in [-0.4, -0.2) is 20.1 Å². The highest BCUT2D eigenvalue weighted by Gasteiger charge is 1.95. The fraction of sp³-hybridized carbons (Fsp3) is 0.455. The second-order valence-electron chi connectivity index (χ2n) is 3.22. The Morgan fingerprint density at radius 2 is 1.86 bits per heavy atom. The van der Waals surface area contributed by atoms with E-state index in [1.54, 1.807) is 0 Å². The molecule has 0 aliphatic carbocycles. The van der Waals surface area contributed by atoms with E-state index >= 15 is 0 Å². The zero-order chi connectivity index (χ0) is 10.2. The van der Waals surface area contributed by atoms with Gasteiger partial charge in [-0.05, 0) is 54.5 Å². The molecular formula is C11H17BrN2. The molecule has 1 aromatic rings. The zero-order valence-corrected chi connectivity index (χ0v) is 10.1. The minimum atomic E-state index is 1.03. The van der Waals surface area contributed by atoms with Crippen molar-refractivity contribution in [2.75, 3.05) is 25.5 Å². The number of hydrogen-bond donors (Lipinski definition) is 2. The average Bonchev–Trinajstić information content (AvgIpc) is 2.20. The van der Waals surface area contributed by atoms with Crippen LogP contribution in [0.1, 0.15) is 12.8 Å². The van der Waals surface area contributed by atoms with Crippen LogP contribution < -0.4 is 10.6 Å². The van der Waals surface area contributed by atoms with Crippen molar-refractivity contribution in [2.45, 2.75) is 12.8 Å². The largest absolute Gasteiger partial charge is 0.384 e. The van der Waals surface area contributed by atoms with Gasteiger partial charge in [-0.15, -0.1) is 0 Å². The summed E-state index contributed by atoms with van der Waals surface area (Å²) >= 11 is 3.50. The van der Waals surface area contributed by atoms with Gasteiger partial charge in [-0.3, -0.25) is 0 Å². The molecule has 1 aromatic carbocycles. The van der Waals surface area contributed by atoms with E-state index in [4.69, 9.17) is 0 Å². The van der Waals surface area contributed by atoms with E-state index in [1.807, 2.05) is 19.2 Å². The van der Waals surface area contributed by atoms with Crippen molar-refractivity contribution in [1.82, 2.24) is 5.32 Å². The zero-order valence-electron chi connectivity index (χ0n) is 8.52. The first-order chi connectivity index (χ1) is 6.84. The summed E-state index contributed by atoms with van der Waals surface area (Å²) in [6.45, 7) is 2.13. The third kappa shape index (κ3) is 4.11. The summed E-state index contributed by atoms with van der Waals surface area (Å²) < 4.78 is 1.13. The highest BCUT2D eigenvalue weighted by Crippen LogP contribution is 2.20. The van der Waals surface area contributed by atoms with Crippen molar-refractivity contribution in [3.8, 4) is 0 Å². The molecule has 0 amide bonds. The van der Waals surface area contributed by atoms with Gasteiger partial charge >= 0.3 is 0 Å². The van der Waals surface area contributed by atoms with E-state index in [9.17, 15) is 0 Å². The van der Waals surface area contributed by atoms with Gasteiger partial charge in [0, 0.05) is 16.7 Å². The molecule has 0 fully saturated rings. The maximum atomic E-state index is 3.50. The van der Waals surface area contributed by atoms with Crippen molar-refractivity contribution < 1.29 is 0 Å². The van der Waals surface area contributed by atoms with E-state index in [2.05, 4.69) is 38.7 Å². The average molecular weight is 257 g/mol. The van der Waals surface area contributed by atoms with Crippen LogP contribution in [0.3, 0.4) is 0 Å². The van der Waals surface area contributed by atoms with Crippen LogP contribution in [0.4, 0.5) is 5.69 Å². The highest BCUT2D eigenvalue weighted by molar-refractivity contribution is 9.10. The number of anilines is 1. The van der Waals surface area contributed by atoms with Crippen molar-refractivity contribution in [2.24, 2.45) is 0 Å². The molecule has 3 heteroatoms. The molecule has 1 rings (SSSR count). The number of unbranched alkanes of at least 4 members (excludes halogenated alkanes) is 1. The Balaban J connectivity index is 2.21. The number of benzene rings is 1. The molecule has 2 nitrogen and oxygen atoms in total. The van der Waals surface area contributed by atoms with Gasteiger partial charge in [0.2, 0.25) is 0 Å². The van der Waals surface area contributed by atoms with Gasteiger partial charge in [-0.1, -0.05) is 12.1 Å². The van der Waals surface area contributed by atoms with Gasteiger partial charge in [0.25, 0.3) is 0 Å². The Bertz CT molecular complexity index is 263. The number of nitrogens with one attached hydrogen (secondary N) is 2. The Morgan fingerprint density at radius 3 is 2.57 bits per heavy atom. The SMILES string of the molecule is CNCCCCNc1ccccc1Br. The summed E-state index contributed by atoms with van der Waals surface area (Å²) in [6, 6.07) is 8.20. The molecule has 0 radical (unpaired) electrons. The Labute approximate surface area is 94.2 Å². The predicted octanol–water partition coefficient (Wildman–Crippen LogP) is 2.86. The summed E-state index contributed by atoms with van der Waals surface area (Å²) in [4.78, 5) is 0. The molecule has 0 saturated heterocycles. The van der Waals surface area contributed by atoms with Gasteiger partial charge in [-0.2, -0.15) is 0 Å². The summed E-state index contributed by atoms with van der Waals surface area (Å²) in [6.07, 6.45) is 2.41. The molecule has 0 aliphatic rings. The highest BCUT2D eigenvalue weighted by atomic mass is 79.9. The second kappa shape index (κ2) is 6.85. The Morgan fingerprint density at radius 1 is 1.14 bits per heavy atom. The molecule has 0 unspecified atom stereocenters. The third-order valence-corrected chi connectivity index (χ3v) is 2.73. The van der Waals surface area contributed by atoms with Gasteiger partial charge in [0.15, 0.2) is 0 Å². The first kappa shape index (κ1) is 11.5. The lowest BCUT2D eigenvalue weighted by atomic mass is 10.3. The quantitative estimate of drug-likeness (QED) is 0.766. The van der Waals surface area contributed by atoms with Crippen LogP contribution in [0, 0.1) is 0 Å². The van der Waals surface area contributed by atoms with Crippen LogP contribution in [0.15, 0.2) is 28.7 Å². The van der Waals surface area contributed by atoms with E-state index < -0.39 is 0 Å². The van der Waals surface area contributed by atoms with E-state index in [0.717, 1.165) is 17.6 Å². The minimum absolute atomic E-state index is 1.03. The topological polar surface area (TPSA) is 24.1 Å². The molecule has 0 aromatic heterocycles. The molecule has 0 spiro atoms. The summed E-state index contributed by atoms with van der Waals surface area (Å²) in [7, 11) is 1.99. The molecule has 78 valence electrons. The van der Waals surface area contributed by atoms with Crippen LogP contribution in [0.5, 0.6) is 0 Å².